The molecule has 0 spiro atoms. The van der Waals surface area contributed by atoms with Crippen molar-refractivity contribution in [2.24, 2.45) is 22.6 Å². The van der Waals surface area contributed by atoms with Crippen LogP contribution in [0.25, 0.3) is 0 Å². The van der Waals surface area contributed by atoms with Gasteiger partial charge in [0.1, 0.15) is 5.84 Å². The molecule has 0 aromatic rings. The van der Waals surface area contributed by atoms with E-state index in [2.05, 4.69) is 44.5 Å². The van der Waals surface area contributed by atoms with Gasteiger partial charge in [0.05, 0.1) is 0 Å². The molecule has 0 fully saturated rings. The van der Waals surface area contributed by atoms with E-state index in [1.807, 2.05) is 26.0 Å². The maximum atomic E-state index is 5.96. The predicted octanol–water partition coefficient (Wildman–Crippen LogP) is 4.23. The van der Waals surface area contributed by atoms with Gasteiger partial charge in [-0.15, -0.1) is 0 Å². The Morgan fingerprint density at radius 2 is 1.83 bits per heavy atom. The minimum Gasteiger partial charge on any atom is -0.383 e. The van der Waals surface area contributed by atoms with Gasteiger partial charge in [-0.05, 0) is 31.3 Å². The van der Waals surface area contributed by atoms with Crippen LogP contribution < -0.4 is 5.73 Å². The van der Waals surface area contributed by atoms with Crippen molar-refractivity contribution in [2.75, 3.05) is 0 Å². The molecular weight excluding hydrogens is 220 g/mol. The molecule has 0 rings (SSSR count). The van der Waals surface area contributed by atoms with Crippen molar-refractivity contribution in [3.8, 4) is 0 Å². The zero-order chi connectivity index (χ0) is 14.1. The Bertz CT molecular complexity index is 382. The van der Waals surface area contributed by atoms with E-state index in [-0.39, 0.29) is 0 Å². The second kappa shape index (κ2) is 8.51. The lowest BCUT2D eigenvalue weighted by molar-refractivity contribution is 0.504. The van der Waals surface area contributed by atoms with Crippen LogP contribution >= 0.6 is 0 Å². The molecular formula is C16H26N2. The Morgan fingerprint density at radius 1 is 1.22 bits per heavy atom. The van der Waals surface area contributed by atoms with Gasteiger partial charge < -0.3 is 5.73 Å². The Morgan fingerprint density at radius 3 is 2.28 bits per heavy atom. The van der Waals surface area contributed by atoms with Crippen LogP contribution in [0.4, 0.5) is 0 Å². The summed E-state index contributed by atoms with van der Waals surface area (Å²) in [7, 11) is 0. The van der Waals surface area contributed by atoms with E-state index >= 15 is 0 Å². The lowest BCUT2D eigenvalue weighted by Gasteiger charge is -2.11. The van der Waals surface area contributed by atoms with Crippen LogP contribution in [0.1, 0.15) is 34.6 Å². The van der Waals surface area contributed by atoms with E-state index in [1.54, 1.807) is 0 Å². The van der Waals surface area contributed by atoms with Crippen molar-refractivity contribution in [1.82, 2.24) is 0 Å². The fourth-order valence-corrected chi connectivity index (χ4v) is 1.40. The smallest absolute Gasteiger partial charge is 0.130 e. The van der Waals surface area contributed by atoms with Crippen molar-refractivity contribution in [3.63, 3.8) is 0 Å². The number of allylic oxidation sites excluding steroid dienone is 4. The fraction of sp³-hybridized carbons (Fsp3) is 0.438. The highest BCUT2D eigenvalue weighted by Gasteiger charge is 2.05. The first-order valence-electron chi connectivity index (χ1n) is 6.40. The van der Waals surface area contributed by atoms with Gasteiger partial charge in [-0.1, -0.05) is 51.7 Å². The molecule has 0 aromatic carbocycles. The molecule has 100 valence electrons. The Kier molecular flexibility index (Phi) is 7.77. The topological polar surface area (TPSA) is 38.4 Å². The van der Waals surface area contributed by atoms with Gasteiger partial charge in [0.15, 0.2) is 0 Å². The molecule has 0 aliphatic rings. The SMILES string of the molecule is C=C/N=C(/N)C(/C=C\C(C)C(C)C)=C(C)/C=C/C. The van der Waals surface area contributed by atoms with E-state index in [0.717, 1.165) is 11.1 Å². The van der Waals surface area contributed by atoms with E-state index in [9.17, 15) is 0 Å². The van der Waals surface area contributed by atoms with Gasteiger partial charge in [-0.3, -0.25) is 0 Å². The second-order valence-electron chi connectivity index (χ2n) is 4.76. The molecule has 0 saturated carbocycles. The van der Waals surface area contributed by atoms with Crippen molar-refractivity contribution < 1.29 is 0 Å². The molecule has 0 aliphatic carbocycles. The Labute approximate surface area is 112 Å². The van der Waals surface area contributed by atoms with E-state index < -0.39 is 0 Å². The summed E-state index contributed by atoms with van der Waals surface area (Å²) in [6.45, 7) is 14.2. The predicted molar refractivity (Wildman–Crippen MR) is 82.5 cm³/mol. The zero-order valence-corrected chi connectivity index (χ0v) is 12.3. The summed E-state index contributed by atoms with van der Waals surface area (Å²) in [5.74, 6) is 1.63. The number of rotatable bonds is 6. The number of aliphatic imine (C=N–C) groups is 1. The largest absolute Gasteiger partial charge is 0.383 e. The van der Waals surface area contributed by atoms with Crippen LogP contribution in [0, 0.1) is 11.8 Å². The van der Waals surface area contributed by atoms with E-state index in [1.165, 1.54) is 6.20 Å². The third kappa shape index (κ3) is 5.67. The molecule has 1 unspecified atom stereocenters. The molecule has 18 heavy (non-hydrogen) atoms. The number of hydrogen-bond donors (Lipinski definition) is 1. The monoisotopic (exact) mass is 246 g/mol. The molecule has 2 N–H and O–H groups in total. The van der Waals surface area contributed by atoms with Crippen LogP contribution in [0.5, 0.6) is 0 Å². The zero-order valence-electron chi connectivity index (χ0n) is 12.3. The average Bonchev–Trinajstić information content (AvgIpc) is 2.29. The molecule has 0 radical (unpaired) electrons. The van der Waals surface area contributed by atoms with Gasteiger partial charge in [-0.2, -0.15) is 0 Å². The molecule has 0 heterocycles. The van der Waals surface area contributed by atoms with E-state index in [4.69, 9.17) is 5.73 Å². The second-order valence-corrected chi connectivity index (χ2v) is 4.76. The normalized spacial score (nSPS) is 16.4. The summed E-state index contributed by atoms with van der Waals surface area (Å²) < 4.78 is 0. The molecule has 0 amide bonds. The summed E-state index contributed by atoms with van der Waals surface area (Å²) in [4.78, 5) is 4.07. The summed E-state index contributed by atoms with van der Waals surface area (Å²) in [6.07, 6.45) is 9.74. The molecule has 0 aromatic heterocycles. The van der Waals surface area contributed by atoms with Crippen LogP contribution in [0.3, 0.4) is 0 Å². The highest BCUT2D eigenvalue weighted by molar-refractivity contribution is 6.00. The van der Waals surface area contributed by atoms with Gasteiger partial charge in [0, 0.05) is 11.8 Å². The third-order valence-electron chi connectivity index (χ3n) is 2.97. The lowest BCUT2D eigenvalue weighted by Crippen LogP contribution is -2.14. The van der Waals surface area contributed by atoms with Crippen molar-refractivity contribution >= 4 is 5.84 Å². The van der Waals surface area contributed by atoms with Crippen molar-refractivity contribution in [1.29, 1.82) is 0 Å². The first-order valence-corrected chi connectivity index (χ1v) is 6.40. The standard InChI is InChI=1S/C16H26N2/c1-7-9-14(6)15(16(17)18-8-2)11-10-13(5)12(3)4/h7-13H,2H2,1,3-6H3,(H2,17,18)/b9-7+,11-10-,15-14+. The van der Waals surface area contributed by atoms with Crippen LogP contribution in [-0.2, 0) is 0 Å². The fourth-order valence-electron chi connectivity index (χ4n) is 1.40. The quantitative estimate of drug-likeness (QED) is 0.425. The molecule has 0 saturated heterocycles. The highest BCUT2D eigenvalue weighted by atomic mass is 14.8. The van der Waals surface area contributed by atoms with Gasteiger partial charge in [0.2, 0.25) is 0 Å². The molecule has 2 nitrogen and oxygen atoms in total. The van der Waals surface area contributed by atoms with Crippen molar-refractivity contribution in [2.45, 2.75) is 34.6 Å². The Balaban J connectivity index is 5.32. The van der Waals surface area contributed by atoms with Crippen LogP contribution in [-0.4, -0.2) is 5.84 Å². The Hall–Kier alpha value is -1.57. The van der Waals surface area contributed by atoms with Gasteiger partial charge >= 0.3 is 0 Å². The van der Waals surface area contributed by atoms with Crippen molar-refractivity contribution in [3.05, 3.63) is 48.2 Å². The summed E-state index contributed by atoms with van der Waals surface area (Å²) in [5, 5.41) is 0. The minimum absolute atomic E-state index is 0.507. The maximum absolute atomic E-state index is 5.96. The molecule has 0 bridgehead atoms. The number of nitrogens with two attached hydrogens (primary N) is 1. The third-order valence-corrected chi connectivity index (χ3v) is 2.97. The molecule has 2 heteroatoms. The summed E-state index contributed by atoms with van der Waals surface area (Å²) in [5.41, 5.74) is 8.02. The first-order chi connectivity index (χ1) is 8.43. The van der Waals surface area contributed by atoms with E-state index in [0.29, 0.717) is 17.7 Å². The highest BCUT2D eigenvalue weighted by Crippen LogP contribution is 2.15. The molecule has 1 atom stereocenters. The minimum atomic E-state index is 0.507. The van der Waals surface area contributed by atoms with Gasteiger partial charge in [0.25, 0.3) is 0 Å². The summed E-state index contributed by atoms with van der Waals surface area (Å²) >= 11 is 0. The molecule has 0 aliphatic heterocycles. The number of hydrogen-bond acceptors (Lipinski definition) is 1. The maximum Gasteiger partial charge on any atom is 0.130 e. The summed E-state index contributed by atoms with van der Waals surface area (Å²) in [6, 6.07) is 0. The first kappa shape index (κ1) is 16.4. The van der Waals surface area contributed by atoms with Gasteiger partial charge in [-0.25, -0.2) is 4.99 Å². The average molecular weight is 246 g/mol. The number of amidine groups is 1. The van der Waals surface area contributed by atoms with Crippen LogP contribution in [0.2, 0.25) is 0 Å². The lowest BCUT2D eigenvalue weighted by atomic mass is 9.96. The van der Waals surface area contributed by atoms with Crippen LogP contribution in [0.15, 0.2) is 53.2 Å². The number of nitrogens with zero attached hydrogens (tertiary/aromatic N) is 1.